The van der Waals surface area contributed by atoms with Crippen LogP contribution in [-0.4, -0.2) is 24.2 Å². The maximum absolute atomic E-state index is 6.27. The summed E-state index contributed by atoms with van der Waals surface area (Å²) in [6.07, 6.45) is 0. The number of nitrogens with zero attached hydrogens (tertiary/aromatic N) is 2. The molecule has 0 spiro atoms. The van der Waals surface area contributed by atoms with Gasteiger partial charge in [0.25, 0.3) is 0 Å². The van der Waals surface area contributed by atoms with Gasteiger partial charge in [-0.3, -0.25) is 0 Å². The van der Waals surface area contributed by atoms with E-state index in [4.69, 9.17) is 32.7 Å². The first-order valence-corrected chi connectivity index (χ1v) is 7.54. The third kappa shape index (κ3) is 2.64. The molecule has 7 heteroatoms. The molecular formula is C14H10Cl2N2O2S. The van der Waals surface area contributed by atoms with Gasteiger partial charge < -0.3 is 9.47 Å². The number of halogens is 2. The second kappa shape index (κ2) is 5.67. The Kier molecular flexibility index (Phi) is 3.89. The predicted molar refractivity (Wildman–Crippen MR) is 86.0 cm³/mol. The highest BCUT2D eigenvalue weighted by atomic mass is 35.5. The van der Waals surface area contributed by atoms with Crippen LogP contribution in [0.1, 0.15) is 0 Å². The van der Waals surface area contributed by atoms with Crippen molar-refractivity contribution in [2.24, 2.45) is 0 Å². The molecule has 0 saturated carbocycles. The summed E-state index contributed by atoms with van der Waals surface area (Å²) in [6, 6.07) is 7.21. The van der Waals surface area contributed by atoms with Crippen LogP contribution in [0.4, 0.5) is 0 Å². The minimum Gasteiger partial charge on any atom is -0.493 e. The first-order chi connectivity index (χ1) is 10.1. The average molecular weight is 341 g/mol. The molecule has 0 N–H and O–H groups in total. The van der Waals surface area contributed by atoms with Gasteiger partial charge in [-0.1, -0.05) is 23.2 Å². The van der Waals surface area contributed by atoms with Crippen molar-refractivity contribution in [3.63, 3.8) is 0 Å². The molecule has 0 amide bonds. The number of ether oxygens (including phenoxy) is 2. The number of fused-ring (bicyclic) bond motifs is 1. The second-order valence-electron chi connectivity index (χ2n) is 4.17. The molecule has 0 fully saturated rings. The van der Waals surface area contributed by atoms with Crippen LogP contribution in [0.5, 0.6) is 11.5 Å². The Morgan fingerprint density at radius 1 is 1.00 bits per heavy atom. The predicted octanol–water partition coefficient (Wildman–Crippen LogP) is 4.68. The van der Waals surface area contributed by atoms with Crippen LogP contribution >= 0.6 is 34.5 Å². The smallest absolute Gasteiger partial charge is 0.171 e. The van der Waals surface area contributed by atoms with E-state index in [1.165, 1.54) is 11.3 Å². The molecular weight excluding hydrogens is 331 g/mol. The number of rotatable bonds is 3. The first-order valence-electron chi connectivity index (χ1n) is 5.97. The number of hydrogen-bond acceptors (Lipinski definition) is 5. The van der Waals surface area contributed by atoms with Crippen LogP contribution in [0, 0.1) is 0 Å². The Balaban J connectivity index is 2.23. The lowest BCUT2D eigenvalue weighted by atomic mass is 10.2. The van der Waals surface area contributed by atoms with Crippen molar-refractivity contribution >= 4 is 45.4 Å². The number of hydrogen-bond donors (Lipinski definition) is 0. The molecule has 2 heterocycles. The van der Waals surface area contributed by atoms with Crippen LogP contribution in [0.15, 0.2) is 24.3 Å². The fourth-order valence-corrected chi connectivity index (χ4v) is 3.17. The third-order valence-corrected chi connectivity index (χ3v) is 4.46. The first kappa shape index (κ1) is 14.4. The fraction of sp³-hybridized carbons (Fsp3) is 0.143. The van der Waals surface area contributed by atoms with E-state index in [-0.39, 0.29) is 0 Å². The summed E-state index contributed by atoms with van der Waals surface area (Å²) in [7, 11) is 3.15. The quantitative estimate of drug-likeness (QED) is 0.649. The van der Waals surface area contributed by atoms with Gasteiger partial charge in [0, 0.05) is 11.5 Å². The normalized spacial score (nSPS) is 10.9. The van der Waals surface area contributed by atoms with Gasteiger partial charge in [0.2, 0.25) is 0 Å². The second-order valence-corrected chi connectivity index (χ2v) is 6.24. The molecule has 0 atom stereocenters. The largest absolute Gasteiger partial charge is 0.493 e. The van der Waals surface area contributed by atoms with Gasteiger partial charge in [-0.25, -0.2) is 9.97 Å². The van der Waals surface area contributed by atoms with Crippen molar-refractivity contribution in [2.75, 3.05) is 14.2 Å². The van der Waals surface area contributed by atoms with Gasteiger partial charge in [-0.2, -0.15) is 0 Å². The van der Waals surface area contributed by atoms with E-state index in [2.05, 4.69) is 9.97 Å². The summed E-state index contributed by atoms with van der Waals surface area (Å²) < 4.78 is 11.2. The van der Waals surface area contributed by atoms with E-state index in [9.17, 15) is 0 Å². The summed E-state index contributed by atoms with van der Waals surface area (Å²) >= 11 is 13.6. The zero-order chi connectivity index (χ0) is 15.0. The van der Waals surface area contributed by atoms with Gasteiger partial charge in [-0.15, -0.1) is 11.3 Å². The lowest BCUT2D eigenvalue weighted by molar-refractivity contribution is 0.356. The molecule has 0 unspecified atom stereocenters. The van der Waals surface area contributed by atoms with Gasteiger partial charge in [0.15, 0.2) is 17.3 Å². The minimum absolute atomic E-state index is 0.362. The maximum Gasteiger partial charge on any atom is 0.171 e. The van der Waals surface area contributed by atoms with Crippen molar-refractivity contribution in [3.8, 4) is 22.2 Å². The number of benzene rings is 1. The highest BCUT2D eigenvalue weighted by molar-refractivity contribution is 7.19. The highest BCUT2D eigenvalue weighted by Gasteiger charge is 2.13. The van der Waals surface area contributed by atoms with Crippen molar-refractivity contribution < 1.29 is 9.47 Å². The van der Waals surface area contributed by atoms with Crippen LogP contribution in [-0.2, 0) is 0 Å². The van der Waals surface area contributed by atoms with Gasteiger partial charge >= 0.3 is 0 Å². The number of methoxy groups -OCH3 is 2. The van der Waals surface area contributed by atoms with Crippen molar-refractivity contribution in [1.82, 2.24) is 9.97 Å². The topological polar surface area (TPSA) is 44.2 Å². The number of aromatic nitrogens is 2. The van der Waals surface area contributed by atoms with Crippen LogP contribution in [0.25, 0.3) is 21.6 Å². The van der Waals surface area contributed by atoms with E-state index in [0.717, 1.165) is 4.88 Å². The Hall–Kier alpha value is -1.56. The summed E-state index contributed by atoms with van der Waals surface area (Å²) in [5, 5.41) is 1.07. The van der Waals surface area contributed by atoms with Crippen molar-refractivity contribution in [3.05, 3.63) is 33.8 Å². The molecule has 0 aliphatic heterocycles. The third-order valence-electron chi connectivity index (χ3n) is 2.95. The zero-order valence-electron chi connectivity index (χ0n) is 11.2. The summed E-state index contributed by atoms with van der Waals surface area (Å²) in [4.78, 5) is 9.71. The molecule has 0 aliphatic carbocycles. The van der Waals surface area contributed by atoms with E-state index in [1.807, 2.05) is 6.07 Å². The van der Waals surface area contributed by atoms with Gasteiger partial charge in [-0.05, 0) is 18.2 Å². The standard InChI is InChI=1S/C14H10Cl2N2O2S/c1-19-9-5-7-8(6-10(9)20-2)17-14(18-13(7)16)11-3-4-12(15)21-11/h3-6H,1-2H3. The van der Waals surface area contributed by atoms with Gasteiger partial charge in [0.1, 0.15) is 5.15 Å². The lowest BCUT2D eigenvalue weighted by Gasteiger charge is -2.10. The summed E-state index contributed by atoms with van der Waals surface area (Å²) in [5.74, 6) is 1.72. The number of thiophene rings is 1. The lowest BCUT2D eigenvalue weighted by Crippen LogP contribution is -1.94. The van der Waals surface area contributed by atoms with E-state index >= 15 is 0 Å². The molecule has 3 rings (SSSR count). The minimum atomic E-state index is 0.362. The molecule has 0 aliphatic rings. The van der Waals surface area contributed by atoms with E-state index in [0.29, 0.717) is 37.7 Å². The van der Waals surface area contributed by atoms with Crippen molar-refractivity contribution in [1.29, 1.82) is 0 Å². The average Bonchev–Trinajstić information content (AvgIpc) is 2.92. The van der Waals surface area contributed by atoms with Crippen LogP contribution in [0.2, 0.25) is 9.49 Å². The fourth-order valence-electron chi connectivity index (χ4n) is 1.96. The Labute approximate surface area is 135 Å². The molecule has 3 aromatic rings. The molecule has 2 aromatic heterocycles. The van der Waals surface area contributed by atoms with Crippen molar-refractivity contribution in [2.45, 2.75) is 0 Å². The molecule has 0 bridgehead atoms. The molecule has 21 heavy (non-hydrogen) atoms. The summed E-state index contributed by atoms with van der Waals surface area (Å²) in [6.45, 7) is 0. The monoisotopic (exact) mass is 340 g/mol. The molecule has 4 nitrogen and oxygen atoms in total. The van der Waals surface area contributed by atoms with Crippen LogP contribution in [0.3, 0.4) is 0 Å². The van der Waals surface area contributed by atoms with Crippen LogP contribution < -0.4 is 9.47 Å². The molecule has 1 aromatic carbocycles. The van der Waals surface area contributed by atoms with Gasteiger partial charge in [0.05, 0.1) is 28.9 Å². The highest BCUT2D eigenvalue weighted by Crippen LogP contribution is 2.36. The van der Waals surface area contributed by atoms with E-state index < -0.39 is 0 Å². The SMILES string of the molecule is COc1cc2nc(-c3ccc(Cl)s3)nc(Cl)c2cc1OC. The Bertz CT molecular complexity index is 820. The van der Waals surface area contributed by atoms with E-state index in [1.54, 1.807) is 32.4 Å². The summed E-state index contributed by atoms with van der Waals surface area (Å²) in [5.41, 5.74) is 0.687. The Morgan fingerprint density at radius 3 is 2.33 bits per heavy atom. The molecule has 0 saturated heterocycles. The molecule has 108 valence electrons. The molecule has 0 radical (unpaired) electrons. The maximum atomic E-state index is 6.27. The zero-order valence-corrected chi connectivity index (χ0v) is 13.5. The Morgan fingerprint density at radius 2 is 1.71 bits per heavy atom.